The highest BCUT2D eigenvalue weighted by atomic mass is 32.2. The highest BCUT2D eigenvalue weighted by Crippen LogP contribution is 2.33. The third kappa shape index (κ3) is 3.34. The van der Waals surface area contributed by atoms with Gasteiger partial charge in [0.15, 0.2) is 10.6 Å². The lowest BCUT2D eigenvalue weighted by molar-refractivity contribution is 0.540. The summed E-state index contributed by atoms with van der Waals surface area (Å²) in [6, 6.07) is 8.97. The Bertz CT molecular complexity index is 656. The molecule has 5 nitrogen and oxygen atoms in total. The summed E-state index contributed by atoms with van der Waals surface area (Å²) in [6.07, 6.45) is 0. The largest absolute Gasteiger partial charge is 0.615 e. The summed E-state index contributed by atoms with van der Waals surface area (Å²) in [5, 5.41) is 0.0335. The quantitative estimate of drug-likeness (QED) is 0.666. The number of nitrogens with zero attached hydrogens (tertiary/aromatic N) is 2. The van der Waals surface area contributed by atoms with Gasteiger partial charge in [-0.15, -0.1) is 0 Å². The van der Waals surface area contributed by atoms with Gasteiger partial charge in [-0.2, -0.15) is 0 Å². The first-order valence-corrected chi connectivity index (χ1v) is 8.34. The molecule has 0 aliphatic rings. The van der Waals surface area contributed by atoms with Gasteiger partial charge in [0, 0.05) is 17.3 Å². The second-order valence-electron chi connectivity index (χ2n) is 5.98. The Morgan fingerprint density at radius 1 is 1.09 bits per heavy atom. The van der Waals surface area contributed by atoms with Gasteiger partial charge < -0.3 is 16.0 Å². The fraction of sp³-hybridized carbons (Fsp3) is 0.375. The lowest BCUT2D eigenvalue weighted by atomic mass is 10.1. The minimum Gasteiger partial charge on any atom is -0.615 e. The number of anilines is 2. The number of aromatic nitrogens is 2. The normalized spacial score (nSPS) is 13.4. The molecule has 4 N–H and O–H groups in total. The van der Waals surface area contributed by atoms with E-state index in [0.717, 1.165) is 5.56 Å². The molecule has 0 aliphatic carbocycles. The third-order valence-corrected chi connectivity index (χ3v) is 5.53. The van der Waals surface area contributed by atoms with E-state index in [4.69, 9.17) is 11.5 Å². The molecule has 1 aromatic carbocycles. The van der Waals surface area contributed by atoms with Crippen LogP contribution in [0.2, 0.25) is 0 Å². The molecule has 2 rings (SSSR count). The fourth-order valence-electron chi connectivity index (χ4n) is 2.23. The first-order valence-electron chi connectivity index (χ1n) is 7.13. The zero-order chi connectivity index (χ0) is 16.5. The molecule has 22 heavy (non-hydrogen) atoms. The molecule has 0 radical (unpaired) electrons. The summed E-state index contributed by atoms with van der Waals surface area (Å²) >= 11 is -1.08. The molecule has 1 unspecified atom stereocenters. The molecule has 1 atom stereocenters. The number of nitrogen functional groups attached to an aromatic ring is 2. The summed E-state index contributed by atoms with van der Waals surface area (Å²) in [5.74, 6) is 0.884. The van der Waals surface area contributed by atoms with Gasteiger partial charge in [-0.25, -0.2) is 9.97 Å². The van der Waals surface area contributed by atoms with Crippen LogP contribution in [0.1, 0.15) is 33.4 Å². The van der Waals surface area contributed by atoms with Crippen LogP contribution in [0, 0.1) is 0 Å². The Kier molecular flexibility index (Phi) is 4.63. The average molecular weight is 318 g/mol. The van der Waals surface area contributed by atoms with Gasteiger partial charge in [0.05, 0.1) is 0 Å². The zero-order valence-electron chi connectivity index (χ0n) is 13.3. The second kappa shape index (κ2) is 6.14. The molecule has 0 bridgehead atoms. The van der Waals surface area contributed by atoms with Crippen LogP contribution in [0.5, 0.6) is 0 Å². The van der Waals surface area contributed by atoms with E-state index < -0.39 is 15.9 Å². The Hall–Kier alpha value is -1.79. The standard InChI is InChI=1S/C16H22N4OS/c1-10(2)22(21)16(3,4)13-9-14(18)20-15(19-13)11-5-7-12(17)8-6-11/h5-10H,17H2,1-4H3,(H2,18,19,20). The van der Waals surface area contributed by atoms with Crippen LogP contribution < -0.4 is 11.5 Å². The zero-order valence-corrected chi connectivity index (χ0v) is 14.1. The van der Waals surface area contributed by atoms with E-state index in [1.54, 1.807) is 18.2 Å². The van der Waals surface area contributed by atoms with Crippen LogP contribution in [-0.4, -0.2) is 19.8 Å². The second-order valence-corrected chi connectivity index (χ2v) is 8.54. The Labute approximate surface area is 134 Å². The van der Waals surface area contributed by atoms with Gasteiger partial charge in [-0.1, -0.05) is 0 Å². The molecule has 0 saturated heterocycles. The van der Waals surface area contributed by atoms with E-state index >= 15 is 0 Å². The number of benzene rings is 1. The predicted octanol–water partition coefficient (Wildman–Crippen LogP) is 2.70. The smallest absolute Gasteiger partial charge is 0.162 e. The van der Waals surface area contributed by atoms with Crippen molar-refractivity contribution in [2.45, 2.75) is 37.7 Å². The van der Waals surface area contributed by atoms with Crippen LogP contribution in [-0.2, 0) is 15.9 Å². The van der Waals surface area contributed by atoms with E-state index in [1.165, 1.54) is 0 Å². The number of rotatable bonds is 4. The van der Waals surface area contributed by atoms with Gasteiger partial charge in [0.2, 0.25) is 0 Å². The van der Waals surface area contributed by atoms with E-state index in [1.807, 2.05) is 39.8 Å². The molecule has 0 spiro atoms. The van der Waals surface area contributed by atoms with Crippen LogP contribution in [0.25, 0.3) is 11.4 Å². The first-order chi connectivity index (χ1) is 10.2. The van der Waals surface area contributed by atoms with Crippen molar-refractivity contribution in [3.63, 3.8) is 0 Å². The molecule has 0 saturated carbocycles. The van der Waals surface area contributed by atoms with E-state index in [9.17, 15) is 4.55 Å². The maximum absolute atomic E-state index is 12.6. The Morgan fingerprint density at radius 2 is 1.68 bits per heavy atom. The van der Waals surface area contributed by atoms with Crippen molar-refractivity contribution in [2.24, 2.45) is 0 Å². The van der Waals surface area contributed by atoms with Crippen LogP contribution in [0.4, 0.5) is 11.5 Å². The van der Waals surface area contributed by atoms with E-state index in [-0.39, 0.29) is 5.25 Å². The molecule has 1 heterocycles. The summed E-state index contributed by atoms with van der Waals surface area (Å²) in [5.41, 5.74) is 13.8. The van der Waals surface area contributed by atoms with Gasteiger partial charge in [0.25, 0.3) is 0 Å². The lowest BCUT2D eigenvalue weighted by Crippen LogP contribution is -2.36. The fourth-order valence-corrected chi connectivity index (χ4v) is 3.72. The van der Waals surface area contributed by atoms with Crippen molar-refractivity contribution in [2.75, 3.05) is 11.5 Å². The lowest BCUT2D eigenvalue weighted by Gasteiger charge is -2.31. The molecule has 0 aliphatic heterocycles. The number of hydrogen-bond acceptors (Lipinski definition) is 5. The third-order valence-electron chi connectivity index (χ3n) is 3.46. The SMILES string of the molecule is CC(C)[S+]([O-])C(C)(C)c1cc(N)nc(-c2ccc(N)cc2)n1. The van der Waals surface area contributed by atoms with Crippen molar-refractivity contribution in [3.05, 3.63) is 36.0 Å². The van der Waals surface area contributed by atoms with E-state index in [0.29, 0.717) is 23.0 Å². The predicted molar refractivity (Wildman–Crippen MR) is 92.6 cm³/mol. The monoisotopic (exact) mass is 318 g/mol. The number of nitrogens with two attached hydrogens (primary N) is 2. The highest BCUT2D eigenvalue weighted by Gasteiger charge is 2.38. The molecule has 0 fully saturated rings. The molecule has 1 aromatic heterocycles. The maximum Gasteiger partial charge on any atom is 0.162 e. The van der Waals surface area contributed by atoms with Crippen molar-refractivity contribution in [1.82, 2.24) is 9.97 Å². The van der Waals surface area contributed by atoms with Crippen molar-refractivity contribution >= 4 is 22.7 Å². The minimum absolute atomic E-state index is 0.0335. The Balaban J connectivity index is 2.49. The van der Waals surface area contributed by atoms with Gasteiger partial charge in [-0.3, -0.25) is 0 Å². The van der Waals surface area contributed by atoms with Crippen molar-refractivity contribution < 1.29 is 4.55 Å². The maximum atomic E-state index is 12.6. The summed E-state index contributed by atoms with van der Waals surface area (Å²) in [6.45, 7) is 7.70. The summed E-state index contributed by atoms with van der Waals surface area (Å²) in [4.78, 5) is 8.86. The van der Waals surface area contributed by atoms with Crippen molar-refractivity contribution in [1.29, 1.82) is 0 Å². The molecule has 2 aromatic rings. The van der Waals surface area contributed by atoms with Crippen LogP contribution in [0.15, 0.2) is 30.3 Å². The molecular formula is C16H22N4OS. The average Bonchev–Trinajstić information content (AvgIpc) is 2.46. The molecule has 118 valence electrons. The summed E-state index contributed by atoms with van der Waals surface area (Å²) in [7, 11) is 0. The van der Waals surface area contributed by atoms with Crippen molar-refractivity contribution in [3.8, 4) is 11.4 Å². The van der Waals surface area contributed by atoms with Gasteiger partial charge >= 0.3 is 0 Å². The topological polar surface area (TPSA) is 101 Å². The number of hydrogen-bond donors (Lipinski definition) is 2. The first kappa shape index (κ1) is 16.6. The summed E-state index contributed by atoms with van der Waals surface area (Å²) < 4.78 is 12.0. The highest BCUT2D eigenvalue weighted by molar-refractivity contribution is 7.92. The van der Waals surface area contributed by atoms with Gasteiger partial charge in [0.1, 0.15) is 16.8 Å². The van der Waals surface area contributed by atoms with Gasteiger partial charge in [-0.05, 0) is 63.1 Å². The molecular weight excluding hydrogens is 296 g/mol. The molecule has 0 amide bonds. The minimum atomic E-state index is -1.08. The Morgan fingerprint density at radius 3 is 2.23 bits per heavy atom. The molecule has 6 heteroatoms. The van der Waals surface area contributed by atoms with Crippen LogP contribution >= 0.6 is 0 Å². The van der Waals surface area contributed by atoms with Crippen LogP contribution in [0.3, 0.4) is 0 Å². The van der Waals surface area contributed by atoms with E-state index in [2.05, 4.69) is 9.97 Å².